The van der Waals surface area contributed by atoms with Crippen LogP contribution in [0.5, 0.6) is 0 Å². The predicted molar refractivity (Wildman–Crippen MR) is 129 cm³/mol. The molecular formula is C26H53NO3. The summed E-state index contributed by atoms with van der Waals surface area (Å²) in [6, 6.07) is -0.800. The quantitative estimate of drug-likeness (QED) is 0.159. The molecule has 0 aliphatic rings. The van der Waals surface area contributed by atoms with Gasteiger partial charge in [0.05, 0.1) is 18.8 Å². The second-order valence-electron chi connectivity index (χ2n) is 8.83. The van der Waals surface area contributed by atoms with Crippen molar-refractivity contribution in [3.63, 3.8) is 0 Å². The van der Waals surface area contributed by atoms with Crippen LogP contribution < -0.4 is 5.32 Å². The SMILES string of the molecule is [2H]C([2H])(CCCCCCCCCCCCC)C[C@@H](O)[C@H](CO)NC(=O)CCCCCCC. The maximum absolute atomic E-state index is 12.1. The summed E-state index contributed by atoms with van der Waals surface area (Å²) in [6.45, 7) is 4.01. The molecule has 4 nitrogen and oxygen atoms in total. The van der Waals surface area contributed by atoms with Crippen LogP contribution in [0.25, 0.3) is 0 Å². The topological polar surface area (TPSA) is 69.6 Å². The highest BCUT2D eigenvalue weighted by Crippen LogP contribution is 2.14. The Morgan fingerprint density at radius 3 is 1.67 bits per heavy atom. The Bertz CT molecular complexity index is 435. The predicted octanol–water partition coefficient (Wildman–Crippen LogP) is 6.67. The van der Waals surface area contributed by atoms with E-state index in [0.29, 0.717) is 12.8 Å². The van der Waals surface area contributed by atoms with Gasteiger partial charge in [-0.3, -0.25) is 4.79 Å². The number of nitrogens with one attached hydrogen (secondary N) is 1. The molecule has 0 unspecified atom stereocenters. The Morgan fingerprint density at radius 2 is 1.20 bits per heavy atom. The smallest absolute Gasteiger partial charge is 0.220 e. The van der Waals surface area contributed by atoms with Crippen molar-refractivity contribution in [2.45, 2.75) is 154 Å². The zero-order valence-corrected chi connectivity index (χ0v) is 20.1. The summed E-state index contributed by atoms with van der Waals surface area (Å²) in [4.78, 5) is 12.1. The van der Waals surface area contributed by atoms with E-state index in [-0.39, 0.29) is 18.9 Å². The molecule has 0 saturated heterocycles. The molecular weight excluding hydrogens is 374 g/mol. The van der Waals surface area contributed by atoms with Crippen molar-refractivity contribution in [2.75, 3.05) is 6.61 Å². The van der Waals surface area contributed by atoms with Crippen LogP contribution in [0.3, 0.4) is 0 Å². The fraction of sp³-hybridized carbons (Fsp3) is 0.962. The minimum Gasteiger partial charge on any atom is -0.394 e. The molecule has 180 valence electrons. The van der Waals surface area contributed by atoms with Gasteiger partial charge in [-0.05, 0) is 12.8 Å². The zero-order valence-electron chi connectivity index (χ0n) is 22.1. The van der Waals surface area contributed by atoms with Gasteiger partial charge in [0.2, 0.25) is 5.91 Å². The second kappa shape index (κ2) is 23.1. The Kier molecular flexibility index (Phi) is 19.7. The molecule has 0 radical (unpaired) electrons. The average Bonchev–Trinajstić information content (AvgIpc) is 2.75. The van der Waals surface area contributed by atoms with Crippen molar-refractivity contribution in [3.8, 4) is 0 Å². The van der Waals surface area contributed by atoms with E-state index in [2.05, 4.69) is 19.2 Å². The fourth-order valence-corrected chi connectivity index (χ4v) is 3.74. The summed E-state index contributed by atoms with van der Waals surface area (Å²) in [5.74, 6) is -0.175. The Labute approximate surface area is 190 Å². The number of amides is 1. The van der Waals surface area contributed by atoms with Gasteiger partial charge < -0.3 is 15.5 Å². The minimum atomic E-state index is -1.49. The Hall–Kier alpha value is -0.610. The normalized spacial score (nSPS) is 14.8. The van der Waals surface area contributed by atoms with Gasteiger partial charge in [-0.2, -0.15) is 0 Å². The van der Waals surface area contributed by atoms with Crippen molar-refractivity contribution in [1.29, 1.82) is 0 Å². The summed E-state index contributed by atoms with van der Waals surface area (Å²) in [6.07, 6.45) is 16.9. The van der Waals surface area contributed by atoms with E-state index in [1.165, 1.54) is 57.8 Å². The highest BCUT2D eigenvalue weighted by atomic mass is 16.3. The zero-order chi connectivity index (χ0) is 24.1. The maximum atomic E-state index is 12.1. The number of carbonyl (C=O) groups excluding carboxylic acids is 1. The molecule has 0 aliphatic carbocycles. The van der Waals surface area contributed by atoms with Crippen LogP contribution in [0.4, 0.5) is 0 Å². The third-order valence-corrected chi connectivity index (χ3v) is 5.83. The molecule has 30 heavy (non-hydrogen) atoms. The lowest BCUT2D eigenvalue weighted by Gasteiger charge is -2.22. The van der Waals surface area contributed by atoms with Crippen molar-refractivity contribution < 1.29 is 17.7 Å². The van der Waals surface area contributed by atoms with Gasteiger partial charge in [0.15, 0.2) is 0 Å². The van der Waals surface area contributed by atoms with E-state index >= 15 is 0 Å². The molecule has 0 rings (SSSR count). The van der Waals surface area contributed by atoms with Gasteiger partial charge in [0, 0.05) is 9.16 Å². The molecule has 3 N–H and O–H groups in total. The van der Waals surface area contributed by atoms with Crippen molar-refractivity contribution in [1.82, 2.24) is 5.32 Å². The van der Waals surface area contributed by atoms with Gasteiger partial charge in [0.25, 0.3) is 0 Å². The van der Waals surface area contributed by atoms with Crippen LogP contribution in [-0.2, 0) is 4.79 Å². The molecule has 0 saturated carbocycles. The lowest BCUT2D eigenvalue weighted by Crippen LogP contribution is -2.45. The van der Waals surface area contributed by atoms with Gasteiger partial charge in [-0.25, -0.2) is 0 Å². The molecule has 0 aromatic heterocycles. The molecule has 0 heterocycles. The third-order valence-electron chi connectivity index (χ3n) is 5.83. The van der Waals surface area contributed by atoms with E-state index in [1.807, 2.05) is 0 Å². The molecule has 0 spiro atoms. The highest BCUT2D eigenvalue weighted by Gasteiger charge is 2.19. The Balaban J connectivity index is 3.94. The summed E-state index contributed by atoms with van der Waals surface area (Å²) >= 11 is 0. The van der Waals surface area contributed by atoms with Gasteiger partial charge in [-0.1, -0.05) is 123 Å². The number of unbranched alkanes of at least 4 members (excludes halogenated alkanes) is 14. The first-order chi connectivity index (χ1) is 15.4. The standard InChI is InChI=1S/C26H53NO3/c1-3-5-7-9-10-11-12-13-14-15-16-18-19-21-25(29)24(23-28)27-26(30)22-20-17-8-6-4-2/h24-25,28-29H,3-23H2,1-2H3,(H,27,30)/t24-,25+/m0/s1/i19D2. The average molecular weight is 430 g/mol. The molecule has 0 aromatic carbocycles. The lowest BCUT2D eigenvalue weighted by atomic mass is 10.0. The van der Waals surface area contributed by atoms with Gasteiger partial charge in [-0.15, -0.1) is 0 Å². The number of rotatable bonds is 23. The summed E-state index contributed by atoms with van der Waals surface area (Å²) in [7, 11) is 0. The first kappa shape index (κ1) is 25.6. The molecule has 0 aromatic rings. The fourth-order valence-electron chi connectivity index (χ4n) is 3.74. The maximum Gasteiger partial charge on any atom is 0.220 e. The third kappa shape index (κ3) is 19.4. The summed E-state index contributed by atoms with van der Waals surface area (Å²) in [5.41, 5.74) is 0. The first-order valence-electron chi connectivity index (χ1n) is 13.9. The molecule has 2 atom stereocenters. The number of carbonyl (C=O) groups is 1. The molecule has 0 aliphatic heterocycles. The van der Waals surface area contributed by atoms with Gasteiger partial charge in [0.1, 0.15) is 0 Å². The highest BCUT2D eigenvalue weighted by molar-refractivity contribution is 5.76. The van der Waals surface area contributed by atoms with E-state index in [0.717, 1.165) is 44.9 Å². The molecule has 4 heteroatoms. The second-order valence-corrected chi connectivity index (χ2v) is 8.83. The van der Waals surface area contributed by atoms with Crippen LogP contribution in [0.1, 0.15) is 145 Å². The minimum absolute atomic E-state index is 0.0627. The van der Waals surface area contributed by atoms with Crippen LogP contribution >= 0.6 is 0 Å². The molecule has 0 fully saturated rings. The largest absolute Gasteiger partial charge is 0.394 e. The van der Waals surface area contributed by atoms with E-state index < -0.39 is 18.5 Å². The van der Waals surface area contributed by atoms with E-state index in [9.17, 15) is 15.0 Å². The molecule has 1 amide bonds. The van der Waals surface area contributed by atoms with Crippen molar-refractivity contribution >= 4 is 5.91 Å². The number of hydrogen-bond donors (Lipinski definition) is 3. The lowest BCUT2D eigenvalue weighted by molar-refractivity contribution is -0.123. The number of aliphatic hydroxyl groups excluding tert-OH is 2. The Morgan fingerprint density at radius 1 is 0.767 bits per heavy atom. The van der Waals surface area contributed by atoms with Crippen LogP contribution in [0, 0.1) is 0 Å². The van der Waals surface area contributed by atoms with Crippen molar-refractivity contribution in [3.05, 3.63) is 0 Å². The van der Waals surface area contributed by atoms with Crippen LogP contribution in [-0.4, -0.2) is 34.9 Å². The van der Waals surface area contributed by atoms with E-state index in [1.54, 1.807) is 0 Å². The number of hydrogen-bond acceptors (Lipinski definition) is 3. The first-order valence-corrected chi connectivity index (χ1v) is 12.9. The van der Waals surface area contributed by atoms with Gasteiger partial charge >= 0.3 is 0 Å². The monoisotopic (exact) mass is 429 g/mol. The van der Waals surface area contributed by atoms with Crippen LogP contribution in [0.15, 0.2) is 0 Å². The molecule has 0 bridgehead atoms. The van der Waals surface area contributed by atoms with Crippen molar-refractivity contribution in [2.24, 2.45) is 0 Å². The summed E-state index contributed by atoms with van der Waals surface area (Å²) < 4.78 is 16.4. The van der Waals surface area contributed by atoms with Crippen LogP contribution in [0.2, 0.25) is 0 Å². The number of aliphatic hydroxyl groups is 2. The van der Waals surface area contributed by atoms with E-state index in [4.69, 9.17) is 2.74 Å². The summed E-state index contributed by atoms with van der Waals surface area (Å²) in [5, 5.41) is 22.6.